The van der Waals surface area contributed by atoms with Crippen LogP contribution in [-0.4, -0.2) is 76.9 Å². The van der Waals surface area contributed by atoms with Gasteiger partial charge in [-0.3, -0.25) is 19.6 Å². The molecule has 4 heterocycles. The molecule has 0 aromatic rings. The predicted octanol–water partition coefficient (Wildman–Crippen LogP) is -0.389. The fourth-order valence-corrected chi connectivity index (χ4v) is 2.23. The van der Waals surface area contributed by atoms with Gasteiger partial charge >= 0.3 is 12.1 Å². The first-order valence-electron chi connectivity index (χ1n) is 5.04. The zero-order valence-electron chi connectivity index (χ0n) is 9.35. The Balaban J connectivity index is 0.000000184. The topological polar surface area (TPSA) is 50.3 Å². The molecule has 4 aliphatic heterocycles. The SMILES string of the molecule is C1N2CN3CN1CN(C2)C3.O=C(O)C(F)(F)F.[Co]. The van der Waals surface area contributed by atoms with Crippen molar-refractivity contribution < 1.29 is 39.9 Å². The van der Waals surface area contributed by atoms with Crippen molar-refractivity contribution in [3.63, 3.8) is 0 Å². The maximum absolute atomic E-state index is 10.6. The van der Waals surface area contributed by atoms with Crippen LogP contribution in [0.4, 0.5) is 13.2 Å². The number of carbonyl (C=O) groups is 1. The van der Waals surface area contributed by atoms with E-state index in [1.807, 2.05) is 0 Å². The van der Waals surface area contributed by atoms with Crippen LogP contribution >= 0.6 is 0 Å². The molecule has 4 rings (SSSR count). The summed E-state index contributed by atoms with van der Waals surface area (Å²) in [4.78, 5) is 18.8. The largest absolute Gasteiger partial charge is 0.490 e. The maximum atomic E-state index is 10.6. The fourth-order valence-electron chi connectivity index (χ4n) is 2.23. The van der Waals surface area contributed by atoms with Gasteiger partial charge in [0.2, 0.25) is 0 Å². The normalized spacial score (nSPS) is 36.4. The van der Waals surface area contributed by atoms with Crippen LogP contribution in [0.2, 0.25) is 0 Å². The first-order chi connectivity index (χ1) is 7.84. The van der Waals surface area contributed by atoms with Crippen LogP contribution < -0.4 is 0 Å². The van der Waals surface area contributed by atoms with Crippen molar-refractivity contribution in [1.82, 2.24) is 19.6 Å². The van der Waals surface area contributed by atoms with Gasteiger partial charge in [0.15, 0.2) is 0 Å². The zero-order valence-corrected chi connectivity index (χ0v) is 10.4. The molecule has 0 saturated carbocycles. The average Bonchev–Trinajstić information content (AvgIpc) is 2.14. The molecule has 0 spiro atoms. The summed E-state index contributed by atoms with van der Waals surface area (Å²) >= 11 is 0. The second kappa shape index (κ2) is 5.71. The van der Waals surface area contributed by atoms with Gasteiger partial charge in [-0.2, -0.15) is 13.2 Å². The Morgan fingerprint density at radius 2 is 1.00 bits per heavy atom. The Morgan fingerprint density at radius 1 is 0.833 bits per heavy atom. The number of aliphatic carboxylic acids is 1. The molecular formula is C8H13CoF3N4O2. The summed E-state index contributed by atoms with van der Waals surface area (Å²) in [6, 6.07) is 0. The van der Waals surface area contributed by atoms with E-state index in [0.717, 1.165) is 0 Å². The molecule has 4 aliphatic rings. The number of carboxylic acids is 1. The van der Waals surface area contributed by atoms with Crippen molar-refractivity contribution >= 4 is 5.97 Å². The van der Waals surface area contributed by atoms with Crippen LogP contribution in [0.15, 0.2) is 0 Å². The number of hydrogen-bond donors (Lipinski definition) is 1. The fraction of sp³-hybridized carbons (Fsp3) is 0.875. The number of nitrogens with zero attached hydrogens (tertiary/aromatic N) is 4. The van der Waals surface area contributed by atoms with E-state index in [9.17, 15) is 13.2 Å². The van der Waals surface area contributed by atoms with Gasteiger partial charge in [0, 0.05) is 16.8 Å². The first kappa shape index (κ1) is 15.7. The quantitative estimate of drug-likeness (QED) is 0.657. The summed E-state index contributed by atoms with van der Waals surface area (Å²) in [6.45, 7) is 7.12. The van der Waals surface area contributed by atoms with Gasteiger partial charge in [-0.1, -0.05) is 0 Å². The van der Waals surface area contributed by atoms with Gasteiger partial charge in [-0.05, 0) is 0 Å². The molecule has 6 nitrogen and oxygen atoms in total. The van der Waals surface area contributed by atoms with E-state index >= 15 is 0 Å². The van der Waals surface area contributed by atoms with Crippen LogP contribution in [0.1, 0.15) is 0 Å². The molecule has 4 bridgehead atoms. The summed E-state index contributed by atoms with van der Waals surface area (Å²) in [7, 11) is 0. The van der Waals surface area contributed by atoms with E-state index in [4.69, 9.17) is 9.90 Å². The molecule has 10 heteroatoms. The molecule has 1 radical (unpaired) electrons. The van der Waals surface area contributed by atoms with Crippen LogP contribution in [0.25, 0.3) is 0 Å². The second-order valence-corrected chi connectivity index (χ2v) is 4.33. The summed E-state index contributed by atoms with van der Waals surface area (Å²) in [5.74, 6) is -2.76. The molecule has 0 aliphatic carbocycles. The Morgan fingerprint density at radius 3 is 1.11 bits per heavy atom. The molecule has 107 valence electrons. The summed E-state index contributed by atoms with van der Waals surface area (Å²) in [6.07, 6.45) is -5.08. The molecule has 0 aromatic carbocycles. The maximum Gasteiger partial charge on any atom is 0.490 e. The summed E-state index contributed by atoms with van der Waals surface area (Å²) < 4.78 is 31.7. The van der Waals surface area contributed by atoms with Crippen molar-refractivity contribution in [2.75, 3.05) is 40.0 Å². The molecule has 0 unspecified atom stereocenters. The molecule has 1 N–H and O–H groups in total. The molecule has 4 saturated heterocycles. The smallest absolute Gasteiger partial charge is 0.475 e. The van der Waals surface area contributed by atoms with E-state index < -0.39 is 12.1 Å². The number of alkyl halides is 3. The van der Waals surface area contributed by atoms with Crippen molar-refractivity contribution in [3.05, 3.63) is 0 Å². The van der Waals surface area contributed by atoms with Gasteiger partial charge in [0.25, 0.3) is 0 Å². The third kappa shape index (κ3) is 3.80. The first-order valence-corrected chi connectivity index (χ1v) is 5.04. The van der Waals surface area contributed by atoms with Gasteiger partial charge in [0.05, 0.1) is 40.0 Å². The van der Waals surface area contributed by atoms with Crippen molar-refractivity contribution in [2.45, 2.75) is 6.18 Å². The van der Waals surface area contributed by atoms with Crippen LogP contribution in [0, 0.1) is 0 Å². The summed E-state index contributed by atoms with van der Waals surface area (Å²) in [5.41, 5.74) is 0. The van der Waals surface area contributed by atoms with Gasteiger partial charge in [0.1, 0.15) is 0 Å². The van der Waals surface area contributed by atoms with Gasteiger partial charge in [-0.25, -0.2) is 4.79 Å². The van der Waals surface area contributed by atoms with Crippen molar-refractivity contribution in [2.24, 2.45) is 0 Å². The molecule has 4 fully saturated rings. The van der Waals surface area contributed by atoms with Crippen LogP contribution in [0.3, 0.4) is 0 Å². The Labute approximate surface area is 112 Å². The average molecular weight is 313 g/mol. The zero-order chi connectivity index (χ0) is 12.6. The number of carboxylic acid groups (broad SMARTS) is 1. The van der Waals surface area contributed by atoms with Crippen LogP contribution in [-0.2, 0) is 21.6 Å². The minimum absolute atomic E-state index is 0. The molecular weight excluding hydrogens is 300 g/mol. The molecule has 18 heavy (non-hydrogen) atoms. The molecule has 0 aromatic heterocycles. The minimum atomic E-state index is -5.08. The van der Waals surface area contributed by atoms with Crippen molar-refractivity contribution in [3.8, 4) is 0 Å². The Bertz CT molecular complexity index is 259. The van der Waals surface area contributed by atoms with E-state index in [-0.39, 0.29) is 16.8 Å². The monoisotopic (exact) mass is 313 g/mol. The second-order valence-electron chi connectivity index (χ2n) is 4.33. The van der Waals surface area contributed by atoms with Gasteiger partial charge < -0.3 is 5.11 Å². The molecule has 0 amide bonds. The van der Waals surface area contributed by atoms with Gasteiger partial charge in [-0.15, -0.1) is 0 Å². The third-order valence-electron chi connectivity index (χ3n) is 2.64. The third-order valence-corrected chi connectivity index (χ3v) is 2.64. The predicted molar refractivity (Wildman–Crippen MR) is 50.2 cm³/mol. The summed E-state index contributed by atoms with van der Waals surface area (Å²) in [5, 5.41) is 7.12. The van der Waals surface area contributed by atoms with Crippen molar-refractivity contribution in [1.29, 1.82) is 0 Å². The standard InChI is InChI=1S/C6H12N4.C2HF3O2.Co/c1-7-2-9-4-8(1)5-10(3-7)6-9;3-2(4,5)1(6)7;/h1-6H2;(H,6,7);. The molecule has 0 atom stereocenters. The minimum Gasteiger partial charge on any atom is -0.475 e. The van der Waals surface area contributed by atoms with Crippen LogP contribution in [0.5, 0.6) is 0 Å². The van der Waals surface area contributed by atoms with E-state index in [0.29, 0.717) is 0 Å². The Kier molecular flexibility index (Phi) is 4.97. The van der Waals surface area contributed by atoms with E-state index in [1.54, 1.807) is 0 Å². The Hall–Kier alpha value is -0.394. The van der Waals surface area contributed by atoms with E-state index in [2.05, 4.69) is 19.6 Å². The number of halogens is 3. The number of hydrogen-bond acceptors (Lipinski definition) is 5. The van der Waals surface area contributed by atoms with E-state index in [1.165, 1.54) is 40.0 Å². The number of rotatable bonds is 0.